The largest absolute Gasteiger partial charge is 0.299 e. The first-order valence-corrected chi connectivity index (χ1v) is 5.00. The third-order valence-corrected chi connectivity index (χ3v) is 4.10. The summed E-state index contributed by atoms with van der Waals surface area (Å²) in [5, 5.41) is 0. The lowest BCUT2D eigenvalue weighted by Crippen LogP contribution is -2.58. The van der Waals surface area contributed by atoms with E-state index in [2.05, 4.69) is 0 Å². The maximum Gasteiger partial charge on any atom is 0.144 e. The molecule has 4 unspecified atom stereocenters. The van der Waals surface area contributed by atoms with Gasteiger partial charge in [-0.15, -0.1) is 0 Å². The normalized spacial score (nSPS) is 58.8. The molecule has 0 aromatic carbocycles. The first-order chi connectivity index (χ1) is 6.18. The van der Waals surface area contributed by atoms with Gasteiger partial charge in [0.05, 0.1) is 0 Å². The lowest BCUT2D eigenvalue weighted by atomic mass is 9.54. The fourth-order valence-electron chi connectivity index (χ4n) is 3.51. The number of carbonyl (C=O) groups is 1. The summed E-state index contributed by atoms with van der Waals surface area (Å²) in [7, 11) is 0. The van der Waals surface area contributed by atoms with Gasteiger partial charge in [0.1, 0.15) is 18.1 Å². The number of ketones is 1. The Morgan fingerprint density at radius 1 is 1.00 bits per heavy atom. The molecule has 0 N–H and O–H groups in total. The van der Waals surface area contributed by atoms with Crippen molar-refractivity contribution in [2.75, 3.05) is 0 Å². The van der Waals surface area contributed by atoms with Crippen molar-refractivity contribution >= 4 is 5.78 Å². The van der Waals surface area contributed by atoms with Crippen molar-refractivity contribution in [2.24, 2.45) is 23.7 Å². The van der Waals surface area contributed by atoms with Crippen LogP contribution in [-0.2, 0) is 4.79 Å². The number of halogens is 2. The number of alkyl halides is 2. The molecule has 0 aromatic heterocycles. The van der Waals surface area contributed by atoms with Gasteiger partial charge in [-0.3, -0.25) is 4.79 Å². The Balaban J connectivity index is 2.01. The standard InChI is InChI=1S/C10H12F2O/c11-8-5-1-4-2-6(8)10(13)7(3-4)9(5)12/h4-9H,1-3H2/t4?,5?,6-,7+,8?,9?. The lowest BCUT2D eigenvalue weighted by Gasteiger charge is -2.51. The van der Waals surface area contributed by atoms with E-state index < -0.39 is 30.1 Å². The minimum Gasteiger partial charge on any atom is -0.299 e. The van der Waals surface area contributed by atoms with Crippen LogP contribution >= 0.6 is 0 Å². The van der Waals surface area contributed by atoms with Crippen molar-refractivity contribution in [3.63, 3.8) is 0 Å². The average Bonchev–Trinajstić information content (AvgIpc) is 2.12. The van der Waals surface area contributed by atoms with Crippen LogP contribution in [0, 0.1) is 23.7 Å². The molecule has 1 nitrogen and oxygen atoms in total. The van der Waals surface area contributed by atoms with Crippen molar-refractivity contribution in [1.29, 1.82) is 0 Å². The Labute approximate surface area is 75.5 Å². The Kier molecular flexibility index (Phi) is 1.40. The van der Waals surface area contributed by atoms with Crippen LogP contribution in [0.5, 0.6) is 0 Å². The van der Waals surface area contributed by atoms with E-state index in [4.69, 9.17) is 0 Å². The van der Waals surface area contributed by atoms with Crippen molar-refractivity contribution in [2.45, 2.75) is 31.6 Å². The molecule has 0 saturated heterocycles. The molecule has 4 bridgehead atoms. The Bertz CT molecular complexity index is 244. The molecular weight excluding hydrogens is 174 g/mol. The van der Waals surface area contributed by atoms with Gasteiger partial charge in [-0.1, -0.05) is 0 Å². The summed E-state index contributed by atoms with van der Waals surface area (Å²) in [6.45, 7) is 0. The van der Waals surface area contributed by atoms with Crippen LogP contribution in [0.2, 0.25) is 0 Å². The molecule has 4 aliphatic rings. The molecule has 0 aromatic rings. The van der Waals surface area contributed by atoms with Crippen LogP contribution in [0.25, 0.3) is 0 Å². The van der Waals surface area contributed by atoms with E-state index in [1.54, 1.807) is 0 Å². The second-order valence-electron chi connectivity index (χ2n) is 4.74. The topological polar surface area (TPSA) is 17.1 Å². The summed E-state index contributed by atoms with van der Waals surface area (Å²) in [5.74, 6) is -1.06. The number of rotatable bonds is 0. The van der Waals surface area contributed by atoms with E-state index in [-0.39, 0.29) is 5.78 Å². The minimum absolute atomic E-state index is 0.132. The summed E-state index contributed by atoms with van der Waals surface area (Å²) in [4.78, 5) is 11.5. The predicted molar refractivity (Wildman–Crippen MR) is 42.6 cm³/mol. The number of hydrogen-bond acceptors (Lipinski definition) is 1. The molecule has 3 heteroatoms. The van der Waals surface area contributed by atoms with Gasteiger partial charge in [0.2, 0.25) is 0 Å². The smallest absolute Gasteiger partial charge is 0.144 e. The molecule has 0 amide bonds. The van der Waals surface area contributed by atoms with E-state index in [9.17, 15) is 13.6 Å². The molecule has 0 heterocycles. The summed E-state index contributed by atoms with van der Waals surface area (Å²) < 4.78 is 27.1. The zero-order valence-corrected chi connectivity index (χ0v) is 7.25. The zero-order valence-electron chi connectivity index (χ0n) is 7.25. The molecule has 72 valence electrons. The van der Waals surface area contributed by atoms with Gasteiger partial charge in [0, 0.05) is 17.8 Å². The van der Waals surface area contributed by atoms with E-state index in [1.807, 2.05) is 0 Å². The van der Waals surface area contributed by atoms with Gasteiger partial charge >= 0.3 is 0 Å². The highest BCUT2D eigenvalue weighted by molar-refractivity contribution is 5.86. The molecule has 4 fully saturated rings. The van der Waals surface area contributed by atoms with Gasteiger partial charge in [-0.05, 0) is 25.2 Å². The SMILES string of the molecule is O=C1[C@H]2CC3CC(C2F)C(F)[C@H]1C3. The zero-order chi connectivity index (χ0) is 9.16. The molecule has 6 atom stereocenters. The molecular formula is C10H12F2O. The summed E-state index contributed by atoms with van der Waals surface area (Å²) in [5.41, 5.74) is 0. The van der Waals surface area contributed by atoms with Crippen LogP contribution in [0.3, 0.4) is 0 Å². The first kappa shape index (κ1) is 7.89. The Morgan fingerprint density at radius 3 is 2.08 bits per heavy atom. The van der Waals surface area contributed by atoms with Crippen molar-refractivity contribution in [3.05, 3.63) is 0 Å². The summed E-state index contributed by atoms with van der Waals surface area (Å²) in [6, 6.07) is 0. The van der Waals surface area contributed by atoms with Crippen LogP contribution in [0.1, 0.15) is 19.3 Å². The lowest BCUT2D eigenvalue weighted by molar-refractivity contribution is -0.158. The van der Waals surface area contributed by atoms with Gasteiger partial charge in [-0.25, -0.2) is 8.78 Å². The molecule has 0 radical (unpaired) electrons. The van der Waals surface area contributed by atoms with Crippen LogP contribution < -0.4 is 0 Å². The summed E-state index contributed by atoms with van der Waals surface area (Å²) >= 11 is 0. The average molecular weight is 186 g/mol. The second kappa shape index (κ2) is 2.31. The van der Waals surface area contributed by atoms with Gasteiger partial charge in [0.25, 0.3) is 0 Å². The van der Waals surface area contributed by atoms with Gasteiger partial charge in [0.15, 0.2) is 0 Å². The molecule has 13 heavy (non-hydrogen) atoms. The fourth-order valence-corrected chi connectivity index (χ4v) is 3.51. The number of Topliss-reactive ketones (excluding diaryl/α,β-unsaturated/α-hetero) is 1. The third kappa shape index (κ3) is 0.830. The first-order valence-electron chi connectivity index (χ1n) is 5.00. The van der Waals surface area contributed by atoms with Crippen LogP contribution in [-0.4, -0.2) is 18.1 Å². The van der Waals surface area contributed by atoms with E-state index >= 15 is 0 Å². The maximum atomic E-state index is 13.5. The molecule has 0 spiro atoms. The Morgan fingerprint density at radius 2 is 1.54 bits per heavy atom. The quantitative estimate of drug-likeness (QED) is 0.564. The predicted octanol–water partition coefficient (Wildman–Crippen LogP) is 1.91. The molecule has 4 rings (SSSR count). The number of carbonyl (C=O) groups excluding carboxylic acids is 1. The Hall–Kier alpha value is -0.470. The highest BCUT2D eigenvalue weighted by atomic mass is 19.1. The monoisotopic (exact) mass is 186 g/mol. The van der Waals surface area contributed by atoms with E-state index in [0.29, 0.717) is 25.2 Å². The van der Waals surface area contributed by atoms with E-state index in [0.717, 1.165) is 0 Å². The highest BCUT2D eigenvalue weighted by Gasteiger charge is 2.59. The molecule has 4 saturated carbocycles. The van der Waals surface area contributed by atoms with Crippen molar-refractivity contribution in [3.8, 4) is 0 Å². The number of hydrogen-bond donors (Lipinski definition) is 0. The van der Waals surface area contributed by atoms with E-state index in [1.165, 1.54) is 0 Å². The molecule has 4 aliphatic carbocycles. The fraction of sp³-hybridized carbons (Fsp3) is 0.900. The van der Waals surface area contributed by atoms with Crippen molar-refractivity contribution in [1.82, 2.24) is 0 Å². The second-order valence-corrected chi connectivity index (χ2v) is 4.74. The highest BCUT2D eigenvalue weighted by Crippen LogP contribution is 2.54. The molecule has 0 aliphatic heterocycles. The van der Waals surface area contributed by atoms with Crippen LogP contribution in [0.15, 0.2) is 0 Å². The van der Waals surface area contributed by atoms with Crippen molar-refractivity contribution < 1.29 is 13.6 Å². The van der Waals surface area contributed by atoms with Crippen LogP contribution in [0.4, 0.5) is 8.78 Å². The van der Waals surface area contributed by atoms with Gasteiger partial charge in [-0.2, -0.15) is 0 Å². The minimum atomic E-state index is -1.18. The maximum absolute atomic E-state index is 13.5. The third-order valence-electron chi connectivity index (χ3n) is 4.10. The van der Waals surface area contributed by atoms with Gasteiger partial charge < -0.3 is 0 Å². The summed E-state index contributed by atoms with van der Waals surface area (Å²) in [6.07, 6.45) is -0.340.